The molecule has 3 aromatic carbocycles. The van der Waals surface area contributed by atoms with Crippen molar-refractivity contribution in [1.29, 1.82) is 0 Å². The average Bonchev–Trinajstić information content (AvgIpc) is 2.69. The van der Waals surface area contributed by atoms with Crippen LogP contribution in [0.25, 0.3) is 0 Å². The first-order valence-corrected chi connectivity index (χ1v) is 8.50. The van der Waals surface area contributed by atoms with E-state index in [1.807, 2.05) is 60.7 Å². The Bertz CT molecular complexity index is 926. The van der Waals surface area contributed by atoms with Gasteiger partial charge in [0.25, 0.3) is 5.91 Å². The monoisotopic (exact) mass is 357 g/mol. The predicted octanol–water partition coefficient (Wildman–Crippen LogP) is 3.83. The van der Waals surface area contributed by atoms with E-state index in [-0.39, 0.29) is 11.8 Å². The fourth-order valence-electron chi connectivity index (χ4n) is 2.60. The maximum absolute atomic E-state index is 12.5. The maximum atomic E-state index is 12.5. The van der Waals surface area contributed by atoms with Gasteiger partial charge in [0, 0.05) is 29.3 Å². The van der Waals surface area contributed by atoms with Gasteiger partial charge in [0.15, 0.2) is 0 Å². The Hall–Kier alpha value is -3.73. The van der Waals surface area contributed by atoms with Crippen LogP contribution in [0.5, 0.6) is 0 Å². The zero-order valence-electron chi connectivity index (χ0n) is 14.8. The van der Waals surface area contributed by atoms with E-state index < -0.39 is 0 Å². The smallest absolute Gasteiger partial charge is 0.271 e. The molecule has 0 spiro atoms. The molecule has 3 rings (SSSR count). The number of benzene rings is 3. The maximum Gasteiger partial charge on any atom is 0.271 e. The minimum Gasteiger partial charge on any atom is -0.326 e. The molecule has 0 radical (unpaired) electrons. The van der Waals surface area contributed by atoms with Crippen LogP contribution in [0.4, 0.5) is 5.69 Å². The van der Waals surface area contributed by atoms with E-state index in [0.717, 1.165) is 11.1 Å². The molecule has 0 bridgehead atoms. The molecule has 0 heterocycles. The third-order valence-corrected chi connectivity index (χ3v) is 3.81. The first-order valence-electron chi connectivity index (χ1n) is 8.50. The van der Waals surface area contributed by atoms with Crippen molar-refractivity contribution in [2.45, 2.75) is 6.92 Å². The number of hydrazone groups is 1. The highest BCUT2D eigenvalue weighted by Crippen LogP contribution is 2.12. The van der Waals surface area contributed by atoms with Gasteiger partial charge in [0.05, 0.1) is 5.71 Å². The van der Waals surface area contributed by atoms with Crippen molar-refractivity contribution in [2.24, 2.45) is 5.10 Å². The lowest BCUT2D eigenvalue weighted by atomic mass is 10.0. The summed E-state index contributed by atoms with van der Waals surface area (Å²) in [6, 6.07) is 26.0. The molecule has 0 aromatic heterocycles. The molecule has 0 unspecified atom stereocenters. The van der Waals surface area contributed by atoms with Crippen molar-refractivity contribution < 1.29 is 9.59 Å². The first-order chi connectivity index (χ1) is 13.1. The largest absolute Gasteiger partial charge is 0.326 e. The van der Waals surface area contributed by atoms with Crippen LogP contribution in [0.3, 0.4) is 0 Å². The third kappa shape index (κ3) is 4.89. The number of nitrogens with zero attached hydrogens (tertiary/aromatic N) is 1. The summed E-state index contributed by atoms with van der Waals surface area (Å²) in [5, 5.41) is 7.02. The first kappa shape index (κ1) is 18.1. The number of hydrogen-bond acceptors (Lipinski definition) is 3. The van der Waals surface area contributed by atoms with Crippen LogP contribution < -0.4 is 10.7 Å². The normalized spacial score (nSPS) is 9.96. The number of rotatable bonds is 5. The molecule has 0 atom stereocenters. The van der Waals surface area contributed by atoms with Gasteiger partial charge in [-0.15, -0.1) is 0 Å². The zero-order chi connectivity index (χ0) is 19.1. The van der Waals surface area contributed by atoms with Crippen LogP contribution in [-0.4, -0.2) is 17.5 Å². The molecule has 3 aromatic rings. The van der Waals surface area contributed by atoms with Crippen molar-refractivity contribution in [3.63, 3.8) is 0 Å². The van der Waals surface area contributed by atoms with Gasteiger partial charge in [-0.05, 0) is 18.2 Å². The molecule has 0 saturated carbocycles. The van der Waals surface area contributed by atoms with Crippen molar-refractivity contribution >= 4 is 23.2 Å². The van der Waals surface area contributed by atoms with Crippen LogP contribution in [0.15, 0.2) is 90.0 Å². The van der Waals surface area contributed by atoms with Gasteiger partial charge in [-0.2, -0.15) is 5.10 Å². The van der Waals surface area contributed by atoms with Gasteiger partial charge in [0.1, 0.15) is 0 Å². The van der Waals surface area contributed by atoms with E-state index in [2.05, 4.69) is 15.8 Å². The summed E-state index contributed by atoms with van der Waals surface area (Å²) in [5.41, 5.74) is 6.05. The molecule has 27 heavy (non-hydrogen) atoms. The summed E-state index contributed by atoms with van der Waals surface area (Å²) in [5.74, 6) is -0.549. The van der Waals surface area contributed by atoms with E-state index in [1.165, 1.54) is 6.92 Å². The molecular weight excluding hydrogens is 338 g/mol. The Morgan fingerprint density at radius 3 is 1.85 bits per heavy atom. The summed E-state index contributed by atoms with van der Waals surface area (Å²) in [6.07, 6.45) is 0. The van der Waals surface area contributed by atoms with Gasteiger partial charge in [-0.3, -0.25) is 9.59 Å². The van der Waals surface area contributed by atoms with Crippen LogP contribution in [0, 0.1) is 0 Å². The van der Waals surface area contributed by atoms with Gasteiger partial charge in [-0.1, -0.05) is 66.7 Å². The molecule has 0 aliphatic heterocycles. The lowest BCUT2D eigenvalue weighted by Gasteiger charge is -2.09. The molecule has 0 fully saturated rings. The predicted molar refractivity (Wildman–Crippen MR) is 107 cm³/mol. The Balaban J connectivity index is 1.86. The fraction of sp³-hybridized carbons (Fsp3) is 0.0455. The summed E-state index contributed by atoms with van der Waals surface area (Å²) >= 11 is 0. The standard InChI is InChI=1S/C22H19N3O2/c1-16(26)23-20-14-8-13-19(15-20)22(27)25-24-21(17-9-4-2-5-10-17)18-11-6-3-7-12-18/h2-15H,1H3,(H,23,26)(H,25,27). The average molecular weight is 357 g/mol. The number of hydrogen-bond donors (Lipinski definition) is 2. The van der Waals surface area contributed by atoms with E-state index >= 15 is 0 Å². The molecule has 0 saturated heterocycles. The Labute approximate surface area is 157 Å². The number of carbonyl (C=O) groups excluding carboxylic acids is 2. The van der Waals surface area contributed by atoms with Crippen LogP contribution >= 0.6 is 0 Å². The van der Waals surface area contributed by atoms with Crippen molar-refractivity contribution in [1.82, 2.24) is 5.43 Å². The third-order valence-electron chi connectivity index (χ3n) is 3.81. The highest BCUT2D eigenvalue weighted by molar-refractivity contribution is 6.13. The summed E-state index contributed by atoms with van der Waals surface area (Å²) in [4.78, 5) is 23.7. The zero-order valence-corrected chi connectivity index (χ0v) is 14.8. The van der Waals surface area contributed by atoms with Crippen molar-refractivity contribution in [3.8, 4) is 0 Å². The van der Waals surface area contributed by atoms with Gasteiger partial charge >= 0.3 is 0 Å². The van der Waals surface area contributed by atoms with E-state index in [1.54, 1.807) is 24.3 Å². The molecule has 0 aliphatic rings. The molecule has 2 amide bonds. The SMILES string of the molecule is CC(=O)Nc1cccc(C(=O)NN=C(c2ccccc2)c2ccccc2)c1. The molecule has 2 N–H and O–H groups in total. The minimum absolute atomic E-state index is 0.193. The van der Waals surface area contributed by atoms with E-state index in [4.69, 9.17) is 0 Å². The summed E-state index contributed by atoms with van der Waals surface area (Å²) in [7, 11) is 0. The number of nitrogens with one attached hydrogen (secondary N) is 2. The highest BCUT2D eigenvalue weighted by Gasteiger charge is 2.10. The van der Waals surface area contributed by atoms with Gasteiger partial charge in [-0.25, -0.2) is 5.43 Å². The molecule has 0 aliphatic carbocycles. The number of amides is 2. The van der Waals surface area contributed by atoms with Crippen molar-refractivity contribution in [2.75, 3.05) is 5.32 Å². The lowest BCUT2D eigenvalue weighted by molar-refractivity contribution is -0.114. The number of anilines is 1. The second kappa shape index (κ2) is 8.58. The van der Waals surface area contributed by atoms with E-state index in [0.29, 0.717) is 17.0 Å². The minimum atomic E-state index is -0.355. The van der Waals surface area contributed by atoms with Gasteiger partial charge in [0.2, 0.25) is 5.91 Å². The summed E-state index contributed by atoms with van der Waals surface area (Å²) < 4.78 is 0. The van der Waals surface area contributed by atoms with Crippen LogP contribution in [0.1, 0.15) is 28.4 Å². The van der Waals surface area contributed by atoms with Crippen LogP contribution in [-0.2, 0) is 4.79 Å². The Kier molecular flexibility index (Phi) is 5.74. The Morgan fingerprint density at radius 2 is 1.30 bits per heavy atom. The molecule has 5 nitrogen and oxygen atoms in total. The second-order valence-electron chi connectivity index (χ2n) is 5.90. The fourth-order valence-corrected chi connectivity index (χ4v) is 2.60. The lowest BCUT2D eigenvalue weighted by Crippen LogP contribution is -2.21. The van der Waals surface area contributed by atoms with Crippen LogP contribution in [0.2, 0.25) is 0 Å². The summed E-state index contributed by atoms with van der Waals surface area (Å²) in [6.45, 7) is 1.42. The van der Waals surface area contributed by atoms with Crippen molar-refractivity contribution in [3.05, 3.63) is 102 Å². The highest BCUT2D eigenvalue weighted by atomic mass is 16.2. The van der Waals surface area contributed by atoms with E-state index in [9.17, 15) is 9.59 Å². The topological polar surface area (TPSA) is 70.6 Å². The second-order valence-corrected chi connectivity index (χ2v) is 5.90. The number of carbonyl (C=O) groups is 2. The molecular formula is C22H19N3O2. The quantitative estimate of drug-likeness (QED) is 0.538. The Morgan fingerprint density at radius 1 is 0.741 bits per heavy atom. The molecule has 5 heteroatoms. The van der Waals surface area contributed by atoms with Gasteiger partial charge < -0.3 is 5.32 Å². The molecule has 134 valence electrons.